The van der Waals surface area contributed by atoms with E-state index in [-0.39, 0.29) is 6.03 Å². The van der Waals surface area contributed by atoms with Crippen LogP contribution in [-0.4, -0.2) is 73.3 Å². The van der Waals surface area contributed by atoms with Crippen LogP contribution < -0.4 is 4.90 Å². The molecule has 1 aromatic carbocycles. The molecular formula is C17H21ClN4O2S. The van der Waals surface area contributed by atoms with E-state index in [0.29, 0.717) is 31.3 Å². The summed E-state index contributed by atoms with van der Waals surface area (Å²) in [4.78, 5) is 23.5. The average Bonchev–Trinajstić information content (AvgIpc) is 2.93. The lowest BCUT2D eigenvalue weighted by atomic mass is 10.3. The number of thiazole rings is 1. The van der Waals surface area contributed by atoms with Crippen LogP contribution in [0.4, 0.5) is 9.93 Å². The van der Waals surface area contributed by atoms with Gasteiger partial charge in [0.25, 0.3) is 0 Å². The molecule has 2 fully saturated rings. The van der Waals surface area contributed by atoms with Crippen molar-refractivity contribution in [1.29, 1.82) is 0 Å². The molecule has 25 heavy (non-hydrogen) atoms. The summed E-state index contributed by atoms with van der Waals surface area (Å²) in [7, 11) is 0. The van der Waals surface area contributed by atoms with Crippen molar-refractivity contribution < 1.29 is 9.53 Å². The maximum absolute atomic E-state index is 12.7. The molecule has 0 N–H and O–H groups in total. The van der Waals surface area contributed by atoms with Gasteiger partial charge in [0, 0.05) is 39.3 Å². The number of urea groups is 1. The Kier molecular flexibility index (Phi) is 4.96. The quantitative estimate of drug-likeness (QED) is 0.763. The fourth-order valence-electron chi connectivity index (χ4n) is 3.29. The fourth-order valence-corrected chi connectivity index (χ4v) is 4.61. The standard InChI is InChI=1S/C17H21ClN4O2S/c18-13-3-1-4-14-15(13)19-16(25-14)20-5-2-6-21(8-7-20)17(23)22-9-11-24-12-10-22/h1,3-4H,2,5-12H2. The highest BCUT2D eigenvalue weighted by Gasteiger charge is 2.26. The number of carbonyl (C=O) groups is 1. The highest BCUT2D eigenvalue weighted by molar-refractivity contribution is 7.22. The number of amides is 2. The first-order chi connectivity index (χ1) is 12.2. The van der Waals surface area contributed by atoms with E-state index in [1.807, 2.05) is 21.9 Å². The number of nitrogens with zero attached hydrogens (tertiary/aromatic N) is 4. The molecule has 2 aliphatic heterocycles. The van der Waals surface area contributed by atoms with Gasteiger partial charge in [-0.25, -0.2) is 9.78 Å². The second-order valence-corrected chi connectivity index (χ2v) is 7.71. The Labute approximate surface area is 155 Å². The number of fused-ring (bicyclic) bond motifs is 1. The number of benzene rings is 1. The van der Waals surface area contributed by atoms with Gasteiger partial charge in [0.15, 0.2) is 5.13 Å². The average molecular weight is 381 g/mol. The third-order valence-electron chi connectivity index (χ3n) is 4.68. The molecule has 0 saturated carbocycles. The number of hydrogen-bond acceptors (Lipinski definition) is 5. The Morgan fingerprint density at radius 1 is 1.08 bits per heavy atom. The highest BCUT2D eigenvalue weighted by atomic mass is 35.5. The predicted octanol–water partition coefficient (Wildman–Crippen LogP) is 2.91. The first-order valence-corrected chi connectivity index (χ1v) is 9.83. The van der Waals surface area contributed by atoms with Crippen molar-refractivity contribution >= 4 is 44.3 Å². The van der Waals surface area contributed by atoms with E-state index in [0.717, 1.165) is 47.9 Å². The molecule has 0 spiro atoms. The van der Waals surface area contributed by atoms with Crippen LogP contribution in [0.15, 0.2) is 18.2 Å². The van der Waals surface area contributed by atoms with Crippen molar-refractivity contribution in [1.82, 2.24) is 14.8 Å². The first kappa shape index (κ1) is 16.9. The zero-order chi connectivity index (χ0) is 17.2. The van der Waals surface area contributed by atoms with Crippen molar-refractivity contribution in [3.05, 3.63) is 23.2 Å². The molecule has 0 aliphatic carbocycles. The molecule has 0 unspecified atom stereocenters. The Balaban J connectivity index is 1.45. The minimum Gasteiger partial charge on any atom is -0.378 e. The minimum absolute atomic E-state index is 0.137. The summed E-state index contributed by atoms with van der Waals surface area (Å²) in [6, 6.07) is 6.02. The van der Waals surface area contributed by atoms with Crippen molar-refractivity contribution in [2.45, 2.75) is 6.42 Å². The maximum Gasteiger partial charge on any atom is 0.320 e. The summed E-state index contributed by atoms with van der Waals surface area (Å²) >= 11 is 7.91. The van der Waals surface area contributed by atoms with Crippen LogP contribution in [0.2, 0.25) is 5.02 Å². The van der Waals surface area contributed by atoms with Crippen molar-refractivity contribution in [2.24, 2.45) is 0 Å². The van der Waals surface area contributed by atoms with Crippen LogP contribution in [-0.2, 0) is 4.74 Å². The molecule has 2 amide bonds. The monoisotopic (exact) mass is 380 g/mol. The first-order valence-electron chi connectivity index (χ1n) is 8.64. The van der Waals surface area contributed by atoms with Gasteiger partial charge in [-0.15, -0.1) is 0 Å². The van der Waals surface area contributed by atoms with Crippen molar-refractivity contribution in [3.63, 3.8) is 0 Å². The second-order valence-electron chi connectivity index (χ2n) is 6.29. The van der Waals surface area contributed by atoms with Crippen LogP contribution in [0.25, 0.3) is 10.2 Å². The number of morpholine rings is 1. The highest BCUT2D eigenvalue weighted by Crippen LogP contribution is 2.33. The molecule has 8 heteroatoms. The van der Waals surface area contributed by atoms with Crippen LogP contribution in [0.5, 0.6) is 0 Å². The van der Waals surface area contributed by atoms with E-state index >= 15 is 0 Å². The van der Waals surface area contributed by atoms with Crippen LogP contribution in [0.3, 0.4) is 0 Å². The summed E-state index contributed by atoms with van der Waals surface area (Å²) in [6.45, 7) is 5.87. The van der Waals surface area contributed by atoms with Crippen LogP contribution in [0, 0.1) is 0 Å². The van der Waals surface area contributed by atoms with Crippen LogP contribution >= 0.6 is 22.9 Å². The summed E-state index contributed by atoms with van der Waals surface area (Å²) in [5.41, 5.74) is 0.870. The predicted molar refractivity (Wildman–Crippen MR) is 101 cm³/mol. The molecule has 0 atom stereocenters. The van der Waals surface area contributed by atoms with Gasteiger partial charge in [-0.2, -0.15) is 0 Å². The summed E-state index contributed by atoms with van der Waals surface area (Å²) < 4.78 is 6.44. The van der Waals surface area contributed by atoms with E-state index in [9.17, 15) is 4.79 Å². The van der Waals surface area contributed by atoms with Gasteiger partial charge < -0.3 is 19.4 Å². The molecule has 6 nitrogen and oxygen atoms in total. The third-order valence-corrected chi connectivity index (χ3v) is 6.06. The minimum atomic E-state index is 0.137. The van der Waals surface area contributed by atoms with Gasteiger partial charge >= 0.3 is 6.03 Å². The number of ether oxygens (including phenoxy) is 1. The largest absolute Gasteiger partial charge is 0.378 e. The number of halogens is 1. The molecule has 2 saturated heterocycles. The molecular weight excluding hydrogens is 360 g/mol. The molecule has 0 radical (unpaired) electrons. The molecule has 2 aliphatic rings. The Hall–Kier alpha value is -1.57. The van der Waals surface area contributed by atoms with E-state index in [2.05, 4.69) is 11.0 Å². The molecule has 1 aromatic heterocycles. The number of hydrogen-bond donors (Lipinski definition) is 0. The number of para-hydroxylation sites is 1. The topological polar surface area (TPSA) is 48.9 Å². The lowest BCUT2D eigenvalue weighted by Crippen LogP contribution is -2.49. The number of anilines is 1. The van der Waals surface area contributed by atoms with Crippen molar-refractivity contribution in [2.75, 3.05) is 57.4 Å². The van der Waals surface area contributed by atoms with Gasteiger partial charge in [-0.1, -0.05) is 29.0 Å². The summed E-state index contributed by atoms with van der Waals surface area (Å²) in [5.74, 6) is 0. The van der Waals surface area contributed by atoms with Gasteiger partial charge in [-0.05, 0) is 18.6 Å². The van der Waals surface area contributed by atoms with Gasteiger partial charge in [0.2, 0.25) is 0 Å². The lowest BCUT2D eigenvalue weighted by Gasteiger charge is -2.32. The van der Waals surface area contributed by atoms with Gasteiger partial charge in [-0.3, -0.25) is 0 Å². The van der Waals surface area contributed by atoms with Gasteiger partial charge in [0.1, 0.15) is 5.52 Å². The van der Waals surface area contributed by atoms with E-state index in [4.69, 9.17) is 21.3 Å². The lowest BCUT2D eigenvalue weighted by molar-refractivity contribution is 0.0438. The fraction of sp³-hybridized carbons (Fsp3) is 0.529. The second kappa shape index (κ2) is 7.35. The van der Waals surface area contributed by atoms with E-state index < -0.39 is 0 Å². The summed E-state index contributed by atoms with van der Waals surface area (Å²) in [5, 5.41) is 1.68. The Morgan fingerprint density at radius 2 is 1.88 bits per heavy atom. The van der Waals surface area contributed by atoms with Crippen LogP contribution in [0.1, 0.15) is 6.42 Å². The normalized spacial score (nSPS) is 19.3. The molecule has 3 heterocycles. The van der Waals surface area contributed by atoms with E-state index in [1.165, 1.54) is 0 Å². The van der Waals surface area contributed by atoms with Gasteiger partial charge in [0.05, 0.1) is 22.9 Å². The van der Waals surface area contributed by atoms with Crippen molar-refractivity contribution in [3.8, 4) is 0 Å². The zero-order valence-electron chi connectivity index (χ0n) is 14.0. The Morgan fingerprint density at radius 3 is 2.68 bits per heavy atom. The number of rotatable bonds is 1. The number of carbonyl (C=O) groups excluding carboxylic acids is 1. The molecule has 0 bridgehead atoms. The third kappa shape index (κ3) is 3.54. The zero-order valence-corrected chi connectivity index (χ0v) is 15.6. The molecule has 134 valence electrons. The summed E-state index contributed by atoms with van der Waals surface area (Å²) in [6.07, 6.45) is 0.944. The smallest absolute Gasteiger partial charge is 0.320 e. The van der Waals surface area contributed by atoms with E-state index in [1.54, 1.807) is 11.3 Å². The maximum atomic E-state index is 12.7. The Bertz CT molecular complexity index is 762. The number of aromatic nitrogens is 1. The molecule has 4 rings (SSSR count). The molecule has 2 aromatic rings. The SMILES string of the molecule is O=C(N1CCOCC1)N1CCCN(c2nc3c(Cl)cccc3s2)CC1.